The number of methoxy groups -OCH3 is 1. The molecule has 0 radical (unpaired) electrons. The Morgan fingerprint density at radius 3 is 2.61 bits per heavy atom. The Bertz CT molecular complexity index is 575. The van der Waals surface area contributed by atoms with E-state index in [4.69, 9.17) is 4.74 Å². The van der Waals surface area contributed by atoms with Gasteiger partial charge in [-0.1, -0.05) is 0 Å². The van der Waals surface area contributed by atoms with Crippen molar-refractivity contribution < 1.29 is 9.53 Å². The first-order chi connectivity index (χ1) is 8.69. The Kier molecular flexibility index (Phi) is 3.90. The predicted octanol–water partition coefficient (Wildman–Crippen LogP) is 1.86. The van der Waals surface area contributed by atoms with Crippen LogP contribution < -0.4 is 4.59 Å². The average molecular weight is 308 g/mol. The number of benzene rings is 1. The van der Waals surface area contributed by atoms with E-state index in [1.165, 1.54) is 11.7 Å². The normalized spacial score (nSPS) is 10.4. The van der Waals surface area contributed by atoms with Crippen molar-refractivity contribution in [2.45, 2.75) is 5.82 Å². The van der Waals surface area contributed by atoms with Crippen molar-refractivity contribution in [1.82, 2.24) is 4.57 Å². The van der Waals surface area contributed by atoms with Crippen LogP contribution in [-0.4, -0.2) is 32.6 Å². The molecule has 0 aliphatic rings. The van der Waals surface area contributed by atoms with Crippen LogP contribution in [0.25, 0.3) is 11.1 Å². The molecule has 1 aromatic heterocycles. The zero-order chi connectivity index (χ0) is 13.1. The molecule has 0 bridgehead atoms. The van der Waals surface area contributed by atoms with Gasteiger partial charge in [-0.25, -0.2) is 0 Å². The van der Waals surface area contributed by atoms with E-state index in [9.17, 15) is 4.79 Å². The van der Waals surface area contributed by atoms with Gasteiger partial charge in [-0.2, -0.15) is 0 Å². The molecule has 2 aromatic rings. The third-order valence-corrected chi connectivity index (χ3v) is 4.71. The SMILES string of the molecule is COC(=O)c1ccccc1-c1ccn(C)c1[Se]C. The number of aromatic nitrogens is 1. The summed E-state index contributed by atoms with van der Waals surface area (Å²) in [5.74, 6) is 1.89. The van der Waals surface area contributed by atoms with Crippen molar-refractivity contribution in [3.8, 4) is 11.1 Å². The predicted molar refractivity (Wildman–Crippen MR) is 73.4 cm³/mol. The van der Waals surface area contributed by atoms with Crippen molar-refractivity contribution in [1.29, 1.82) is 0 Å². The summed E-state index contributed by atoms with van der Waals surface area (Å²) >= 11 is 0.372. The second-order valence-electron chi connectivity index (χ2n) is 3.89. The van der Waals surface area contributed by atoms with Gasteiger partial charge in [0.25, 0.3) is 0 Å². The summed E-state index contributed by atoms with van der Waals surface area (Å²) in [6, 6.07) is 9.64. The zero-order valence-corrected chi connectivity index (χ0v) is 12.3. The second kappa shape index (κ2) is 5.42. The third kappa shape index (κ3) is 2.22. The van der Waals surface area contributed by atoms with Crippen molar-refractivity contribution in [3.63, 3.8) is 0 Å². The number of carbonyl (C=O) groups excluding carboxylic acids is 1. The maximum atomic E-state index is 11.8. The number of hydrogen-bond donors (Lipinski definition) is 0. The van der Waals surface area contributed by atoms with Crippen LogP contribution in [-0.2, 0) is 11.8 Å². The van der Waals surface area contributed by atoms with E-state index in [0.717, 1.165) is 11.1 Å². The second-order valence-corrected chi connectivity index (χ2v) is 5.55. The van der Waals surface area contributed by atoms with Crippen molar-refractivity contribution in [2.75, 3.05) is 7.11 Å². The van der Waals surface area contributed by atoms with Gasteiger partial charge >= 0.3 is 113 Å². The summed E-state index contributed by atoms with van der Waals surface area (Å²) in [6.07, 6.45) is 2.03. The van der Waals surface area contributed by atoms with Gasteiger partial charge in [0.15, 0.2) is 0 Å². The molecule has 94 valence electrons. The van der Waals surface area contributed by atoms with Crippen LogP contribution in [0.3, 0.4) is 0 Å². The summed E-state index contributed by atoms with van der Waals surface area (Å²) in [7, 11) is 3.44. The quantitative estimate of drug-likeness (QED) is 0.640. The van der Waals surface area contributed by atoms with E-state index < -0.39 is 0 Å². The Hall–Kier alpha value is -1.51. The van der Waals surface area contributed by atoms with Gasteiger partial charge in [-0.3, -0.25) is 0 Å². The van der Waals surface area contributed by atoms with Crippen LogP contribution in [0.1, 0.15) is 10.4 Å². The average Bonchev–Trinajstić information content (AvgIpc) is 2.78. The molecule has 0 N–H and O–H groups in total. The third-order valence-electron chi connectivity index (χ3n) is 2.83. The van der Waals surface area contributed by atoms with E-state index in [2.05, 4.69) is 16.5 Å². The Morgan fingerprint density at radius 2 is 1.94 bits per heavy atom. The number of hydrogen-bond acceptors (Lipinski definition) is 2. The van der Waals surface area contributed by atoms with Gasteiger partial charge in [0.05, 0.1) is 0 Å². The summed E-state index contributed by atoms with van der Waals surface area (Å²) in [4.78, 5) is 11.8. The van der Waals surface area contributed by atoms with Crippen LogP contribution in [0, 0.1) is 0 Å². The molecule has 2 rings (SSSR count). The van der Waals surface area contributed by atoms with Crippen LogP contribution in [0.5, 0.6) is 0 Å². The number of esters is 1. The van der Waals surface area contributed by atoms with Gasteiger partial charge in [-0.15, -0.1) is 0 Å². The molecule has 0 aliphatic heterocycles. The fourth-order valence-electron chi connectivity index (χ4n) is 1.98. The zero-order valence-electron chi connectivity index (χ0n) is 10.6. The van der Waals surface area contributed by atoms with Crippen molar-refractivity contribution in [3.05, 3.63) is 42.1 Å². The summed E-state index contributed by atoms with van der Waals surface area (Å²) in [5, 5.41) is 0. The summed E-state index contributed by atoms with van der Waals surface area (Å²) in [6.45, 7) is 0. The molecule has 3 nitrogen and oxygen atoms in total. The molecule has 0 aliphatic carbocycles. The number of carbonyl (C=O) groups is 1. The molecule has 0 saturated heterocycles. The molecule has 1 aromatic carbocycles. The molecule has 0 spiro atoms. The van der Waals surface area contributed by atoms with Gasteiger partial charge < -0.3 is 0 Å². The van der Waals surface area contributed by atoms with E-state index in [0.29, 0.717) is 20.5 Å². The number of aryl methyl sites for hydroxylation is 1. The Morgan fingerprint density at radius 1 is 1.22 bits per heavy atom. The maximum absolute atomic E-state index is 11.8. The Labute approximate surface area is 113 Å². The van der Waals surface area contributed by atoms with Crippen LogP contribution >= 0.6 is 0 Å². The van der Waals surface area contributed by atoms with Crippen LogP contribution in [0.4, 0.5) is 0 Å². The Balaban J connectivity index is 2.60. The number of rotatable bonds is 3. The first kappa shape index (κ1) is 12.9. The fraction of sp³-hybridized carbons (Fsp3) is 0.214. The molecule has 0 amide bonds. The topological polar surface area (TPSA) is 31.2 Å². The van der Waals surface area contributed by atoms with Gasteiger partial charge in [0.2, 0.25) is 0 Å². The molecule has 0 atom stereocenters. The first-order valence-corrected chi connectivity index (χ1v) is 8.13. The minimum absolute atomic E-state index is 0.288. The van der Waals surface area contributed by atoms with Gasteiger partial charge in [0.1, 0.15) is 0 Å². The molecule has 0 fully saturated rings. The van der Waals surface area contributed by atoms with E-state index in [-0.39, 0.29) is 5.97 Å². The molecule has 18 heavy (non-hydrogen) atoms. The minimum atomic E-state index is -0.288. The molecule has 0 saturated carbocycles. The summed E-state index contributed by atoms with van der Waals surface area (Å²) in [5.41, 5.74) is 2.70. The van der Waals surface area contributed by atoms with Gasteiger partial charge in [0, 0.05) is 0 Å². The van der Waals surface area contributed by atoms with Crippen molar-refractivity contribution >= 4 is 25.5 Å². The molecule has 1 heterocycles. The first-order valence-electron chi connectivity index (χ1n) is 5.56. The van der Waals surface area contributed by atoms with Gasteiger partial charge in [-0.05, 0) is 0 Å². The molecule has 4 heteroatoms. The summed E-state index contributed by atoms with van der Waals surface area (Å²) < 4.78 is 8.23. The monoisotopic (exact) mass is 309 g/mol. The van der Waals surface area contributed by atoms with Crippen LogP contribution in [0.15, 0.2) is 36.5 Å². The molecular formula is C14H15NO2Se. The van der Waals surface area contributed by atoms with E-state index in [1.54, 1.807) is 6.07 Å². The standard InChI is InChI=1S/C14H15NO2Se/c1-15-9-8-11(13(15)18-3)10-6-4-5-7-12(10)14(16)17-2/h4-9H,1-3H3. The van der Waals surface area contributed by atoms with Crippen molar-refractivity contribution in [2.24, 2.45) is 7.05 Å². The fourth-order valence-corrected chi connectivity index (χ4v) is 3.55. The molecule has 0 unspecified atom stereocenters. The number of ether oxygens (including phenoxy) is 1. The van der Waals surface area contributed by atoms with Crippen LogP contribution in [0.2, 0.25) is 5.82 Å². The van der Waals surface area contributed by atoms with E-state index >= 15 is 0 Å². The molecular weight excluding hydrogens is 293 g/mol. The van der Waals surface area contributed by atoms with E-state index in [1.807, 2.05) is 31.4 Å². The number of nitrogens with zero attached hydrogens (tertiary/aromatic N) is 1.